The summed E-state index contributed by atoms with van der Waals surface area (Å²) >= 11 is 3.50. The van der Waals surface area contributed by atoms with Crippen molar-refractivity contribution in [3.8, 4) is 0 Å². The number of halogens is 1. The van der Waals surface area contributed by atoms with Crippen molar-refractivity contribution in [2.24, 2.45) is 0 Å². The summed E-state index contributed by atoms with van der Waals surface area (Å²) in [5.41, 5.74) is 2.21. The molecular weight excluding hydrogens is 278 g/mol. The van der Waals surface area contributed by atoms with Crippen LogP contribution < -0.4 is 5.32 Å². The number of hydrogen-bond acceptors (Lipinski definition) is 1. The number of benzene rings is 1. The zero-order valence-electron chi connectivity index (χ0n) is 10.9. The largest absolute Gasteiger partial charge is 0.325 e. The first kappa shape index (κ1) is 14.2. The predicted octanol–water partition coefficient (Wildman–Crippen LogP) is 4.49. The highest BCUT2D eigenvalue weighted by Gasteiger charge is 2.15. The van der Waals surface area contributed by atoms with Crippen LogP contribution in [0.25, 0.3) is 0 Å². The zero-order chi connectivity index (χ0) is 13.1. The van der Waals surface area contributed by atoms with Gasteiger partial charge in [0.15, 0.2) is 0 Å². The third-order valence-electron chi connectivity index (χ3n) is 2.59. The lowest BCUT2D eigenvalue weighted by atomic mass is 9.87. The van der Waals surface area contributed by atoms with Gasteiger partial charge in [-0.3, -0.25) is 4.79 Å². The molecule has 1 amide bonds. The van der Waals surface area contributed by atoms with Crippen LogP contribution in [0.15, 0.2) is 22.7 Å². The highest BCUT2D eigenvalue weighted by atomic mass is 79.9. The van der Waals surface area contributed by atoms with Gasteiger partial charge in [0, 0.05) is 10.9 Å². The van der Waals surface area contributed by atoms with E-state index in [0.717, 1.165) is 16.6 Å². The van der Waals surface area contributed by atoms with Gasteiger partial charge in [0.05, 0.1) is 5.69 Å². The van der Waals surface area contributed by atoms with Crippen LogP contribution in [-0.4, -0.2) is 5.91 Å². The molecule has 0 aliphatic carbocycles. The molecule has 1 aromatic rings. The van der Waals surface area contributed by atoms with Gasteiger partial charge in [0.25, 0.3) is 0 Å². The molecule has 0 fully saturated rings. The second kappa shape index (κ2) is 5.67. The molecule has 2 nitrogen and oxygen atoms in total. The quantitative estimate of drug-likeness (QED) is 0.875. The van der Waals surface area contributed by atoms with E-state index < -0.39 is 0 Å². The molecular formula is C14H20BrNO. The number of amides is 1. The van der Waals surface area contributed by atoms with E-state index >= 15 is 0 Å². The normalized spacial score (nSPS) is 11.4. The summed E-state index contributed by atoms with van der Waals surface area (Å²) in [6.45, 7) is 8.51. The van der Waals surface area contributed by atoms with Crippen molar-refractivity contribution in [2.45, 2.75) is 46.0 Å². The summed E-state index contributed by atoms with van der Waals surface area (Å²) in [4.78, 5) is 11.5. The molecule has 17 heavy (non-hydrogen) atoms. The van der Waals surface area contributed by atoms with Crippen LogP contribution in [0.2, 0.25) is 0 Å². The molecule has 1 aromatic carbocycles. The number of rotatable bonds is 3. The Labute approximate surface area is 112 Å². The standard InChI is InChI=1S/C14H20BrNO/c1-5-6-13(17)16-12-8-7-10(9-11(12)15)14(2,3)4/h7-9H,5-6H2,1-4H3,(H,16,17). The van der Waals surface area contributed by atoms with Gasteiger partial charge in [-0.1, -0.05) is 33.8 Å². The average molecular weight is 298 g/mol. The SMILES string of the molecule is CCCC(=O)Nc1ccc(C(C)(C)C)cc1Br. The van der Waals surface area contributed by atoms with Gasteiger partial charge in [-0.15, -0.1) is 0 Å². The van der Waals surface area contributed by atoms with E-state index in [1.165, 1.54) is 5.56 Å². The maximum absolute atomic E-state index is 11.5. The van der Waals surface area contributed by atoms with Crippen LogP contribution in [0.5, 0.6) is 0 Å². The second-order valence-electron chi connectivity index (χ2n) is 5.24. The molecule has 0 bridgehead atoms. The maximum atomic E-state index is 11.5. The third-order valence-corrected chi connectivity index (χ3v) is 3.24. The van der Waals surface area contributed by atoms with Crippen LogP contribution in [0.3, 0.4) is 0 Å². The molecule has 0 spiro atoms. The van der Waals surface area contributed by atoms with E-state index in [4.69, 9.17) is 0 Å². The van der Waals surface area contributed by atoms with Gasteiger partial charge in [0.1, 0.15) is 0 Å². The Morgan fingerprint density at radius 3 is 2.47 bits per heavy atom. The summed E-state index contributed by atoms with van der Waals surface area (Å²) in [5.74, 6) is 0.0664. The molecule has 0 atom stereocenters. The molecule has 0 saturated heterocycles. The van der Waals surface area contributed by atoms with E-state index in [1.54, 1.807) is 0 Å². The number of carbonyl (C=O) groups is 1. The minimum atomic E-state index is 0.0664. The molecule has 1 N–H and O–H groups in total. The molecule has 0 radical (unpaired) electrons. The Hall–Kier alpha value is -0.830. The Morgan fingerprint density at radius 1 is 1.35 bits per heavy atom. The summed E-state index contributed by atoms with van der Waals surface area (Å²) in [6, 6.07) is 6.09. The molecule has 0 aromatic heterocycles. The number of hydrogen-bond donors (Lipinski definition) is 1. The lowest BCUT2D eigenvalue weighted by Gasteiger charge is -2.20. The molecule has 3 heteroatoms. The van der Waals surface area contributed by atoms with Gasteiger partial charge in [-0.05, 0) is 45.5 Å². The molecule has 0 aliphatic rings. The Bertz CT molecular complexity index is 407. The molecule has 1 rings (SSSR count). The van der Waals surface area contributed by atoms with Gasteiger partial charge < -0.3 is 5.32 Å². The maximum Gasteiger partial charge on any atom is 0.224 e. The van der Waals surface area contributed by atoms with Crippen molar-refractivity contribution in [1.82, 2.24) is 0 Å². The fourth-order valence-corrected chi connectivity index (χ4v) is 2.00. The van der Waals surface area contributed by atoms with Gasteiger partial charge in [-0.2, -0.15) is 0 Å². The van der Waals surface area contributed by atoms with Crippen LogP contribution >= 0.6 is 15.9 Å². The monoisotopic (exact) mass is 297 g/mol. The third kappa shape index (κ3) is 4.15. The minimum absolute atomic E-state index is 0.0664. The highest BCUT2D eigenvalue weighted by Crippen LogP contribution is 2.30. The average Bonchev–Trinajstić information content (AvgIpc) is 2.20. The van der Waals surface area contributed by atoms with E-state index in [0.29, 0.717) is 6.42 Å². The summed E-state index contributed by atoms with van der Waals surface area (Å²) in [7, 11) is 0. The van der Waals surface area contributed by atoms with Crippen molar-refractivity contribution >= 4 is 27.5 Å². The summed E-state index contributed by atoms with van der Waals surface area (Å²) in [6.07, 6.45) is 1.43. The highest BCUT2D eigenvalue weighted by molar-refractivity contribution is 9.10. The van der Waals surface area contributed by atoms with E-state index in [-0.39, 0.29) is 11.3 Å². The molecule has 0 saturated carbocycles. The van der Waals surface area contributed by atoms with Crippen LogP contribution in [-0.2, 0) is 10.2 Å². The first-order valence-corrected chi connectivity index (χ1v) is 6.73. The zero-order valence-corrected chi connectivity index (χ0v) is 12.5. The topological polar surface area (TPSA) is 29.1 Å². The van der Waals surface area contributed by atoms with Crippen LogP contribution in [0.4, 0.5) is 5.69 Å². The molecule has 0 aliphatic heterocycles. The Balaban J connectivity index is 2.87. The molecule has 0 unspecified atom stereocenters. The molecule has 94 valence electrons. The summed E-state index contributed by atoms with van der Waals surface area (Å²) < 4.78 is 0.939. The van der Waals surface area contributed by atoms with E-state index in [2.05, 4.69) is 54.2 Å². The Morgan fingerprint density at radius 2 is 2.00 bits per heavy atom. The second-order valence-corrected chi connectivity index (χ2v) is 6.10. The first-order valence-electron chi connectivity index (χ1n) is 5.94. The minimum Gasteiger partial charge on any atom is -0.325 e. The van der Waals surface area contributed by atoms with Gasteiger partial charge in [-0.25, -0.2) is 0 Å². The summed E-state index contributed by atoms with van der Waals surface area (Å²) in [5, 5.41) is 2.90. The van der Waals surface area contributed by atoms with Crippen LogP contribution in [0.1, 0.15) is 46.1 Å². The van der Waals surface area contributed by atoms with Crippen molar-refractivity contribution in [3.63, 3.8) is 0 Å². The first-order chi connectivity index (χ1) is 7.84. The predicted molar refractivity (Wildman–Crippen MR) is 76.4 cm³/mol. The number of carbonyl (C=O) groups excluding carboxylic acids is 1. The fourth-order valence-electron chi connectivity index (χ4n) is 1.52. The van der Waals surface area contributed by atoms with Crippen LogP contribution in [0, 0.1) is 0 Å². The van der Waals surface area contributed by atoms with Crippen molar-refractivity contribution in [3.05, 3.63) is 28.2 Å². The smallest absolute Gasteiger partial charge is 0.224 e. The van der Waals surface area contributed by atoms with Gasteiger partial charge in [0.2, 0.25) is 5.91 Å². The lowest BCUT2D eigenvalue weighted by Crippen LogP contribution is -2.13. The van der Waals surface area contributed by atoms with Gasteiger partial charge >= 0.3 is 0 Å². The van der Waals surface area contributed by atoms with E-state index in [1.807, 2.05) is 13.0 Å². The fraction of sp³-hybridized carbons (Fsp3) is 0.500. The number of anilines is 1. The lowest BCUT2D eigenvalue weighted by molar-refractivity contribution is -0.116. The van der Waals surface area contributed by atoms with Crippen molar-refractivity contribution in [1.29, 1.82) is 0 Å². The Kier molecular flexibility index (Phi) is 4.75. The van der Waals surface area contributed by atoms with E-state index in [9.17, 15) is 4.79 Å². The number of nitrogens with one attached hydrogen (secondary N) is 1. The van der Waals surface area contributed by atoms with Crippen molar-refractivity contribution in [2.75, 3.05) is 5.32 Å². The van der Waals surface area contributed by atoms with Crippen molar-refractivity contribution < 1.29 is 4.79 Å². The molecule has 0 heterocycles.